The van der Waals surface area contributed by atoms with Crippen LogP contribution in [-0.4, -0.2) is 23.1 Å². The van der Waals surface area contributed by atoms with Crippen molar-refractivity contribution in [2.75, 3.05) is 0 Å². The van der Waals surface area contributed by atoms with E-state index in [0.717, 1.165) is 31.2 Å². The SMILES string of the molecule is Cc1onc(-c2ccccc2)c1C(=O)NNC(=O)NC1CCCCC1. The van der Waals surface area contributed by atoms with Crippen molar-refractivity contribution in [1.82, 2.24) is 21.3 Å². The Labute approximate surface area is 146 Å². The van der Waals surface area contributed by atoms with Gasteiger partial charge in [0.2, 0.25) is 0 Å². The number of nitrogens with one attached hydrogen (secondary N) is 3. The molecule has 0 spiro atoms. The fourth-order valence-electron chi connectivity index (χ4n) is 3.08. The van der Waals surface area contributed by atoms with Crippen molar-refractivity contribution >= 4 is 11.9 Å². The predicted octanol–water partition coefficient (Wildman–Crippen LogP) is 2.93. The monoisotopic (exact) mass is 342 g/mol. The van der Waals surface area contributed by atoms with Crippen molar-refractivity contribution < 1.29 is 14.1 Å². The van der Waals surface area contributed by atoms with E-state index in [1.54, 1.807) is 6.92 Å². The quantitative estimate of drug-likeness (QED) is 0.747. The predicted molar refractivity (Wildman–Crippen MR) is 92.7 cm³/mol. The average Bonchev–Trinajstić information content (AvgIpc) is 3.03. The molecule has 132 valence electrons. The number of aromatic nitrogens is 1. The average molecular weight is 342 g/mol. The maximum atomic E-state index is 12.5. The van der Waals surface area contributed by atoms with Crippen LogP contribution in [0.4, 0.5) is 4.79 Å². The van der Waals surface area contributed by atoms with Crippen molar-refractivity contribution in [3.63, 3.8) is 0 Å². The maximum absolute atomic E-state index is 12.5. The summed E-state index contributed by atoms with van der Waals surface area (Å²) in [5.74, 6) is -0.0674. The van der Waals surface area contributed by atoms with Crippen LogP contribution in [0.15, 0.2) is 34.9 Å². The summed E-state index contributed by atoms with van der Waals surface area (Å²) in [7, 11) is 0. The highest BCUT2D eigenvalue weighted by Crippen LogP contribution is 2.24. The molecule has 3 N–H and O–H groups in total. The Kier molecular flexibility index (Phi) is 5.33. The van der Waals surface area contributed by atoms with Gasteiger partial charge in [-0.05, 0) is 19.8 Å². The first-order valence-corrected chi connectivity index (χ1v) is 8.53. The largest absolute Gasteiger partial charge is 0.360 e. The van der Waals surface area contributed by atoms with E-state index in [9.17, 15) is 9.59 Å². The van der Waals surface area contributed by atoms with Gasteiger partial charge >= 0.3 is 6.03 Å². The van der Waals surface area contributed by atoms with Gasteiger partial charge in [0.15, 0.2) is 0 Å². The molecular weight excluding hydrogens is 320 g/mol. The molecule has 3 rings (SSSR count). The first-order chi connectivity index (χ1) is 12.1. The molecule has 2 aromatic rings. The molecule has 1 aliphatic rings. The van der Waals surface area contributed by atoms with Crippen LogP contribution in [0.5, 0.6) is 0 Å². The molecule has 0 bridgehead atoms. The second-order valence-corrected chi connectivity index (χ2v) is 6.22. The number of carbonyl (C=O) groups excluding carboxylic acids is 2. The van der Waals surface area contributed by atoms with Crippen LogP contribution in [0.25, 0.3) is 11.3 Å². The van der Waals surface area contributed by atoms with Crippen LogP contribution >= 0.6 is 0 Å². The summed E-state index contributed by atoms with van der Waals surface area (Å²) in [6.45, 7) is 1.66. The van der Waals surface area contributed by atoms with Gasteiger partial charge < -0.3 is 9.84 Å². The molecule has 0 aliphatic heterocycles. The molecule has 3 amide bonds. The number of carbonyl (C=O) groups is 2. The summed E-state index contributed by atoms with van der Waals surface area (Å²) >= 11 is 0. The zero-order valence-electron chi connectivity index (χ0n) is 14.2. The van der Waals surface area contributed by atoms with Crippen LogP contribution in [0, 0.1) is 6.92 Å². The molecule has 1 aromatic heterocycles. The molecule has 0 radical (unpaired) electrons. The highest BCUT2D eigenvalue weighted by atomic mass is 16.5. The Morgan fingerprint density at radius 1 is 1.08 bits per heavy atom. The Hall–Kier alpha value is -2.83. The topological polar surface area (TPSA) is 96.3 Å². The summed E-state index contributed by atoms with van der Waals surface area (Å²) in [4.78, 5) is 24.4. The van der Waals surface area contributed by atoms with Crippen LogP contribution in [-0.2, 0) is 0 Å². The standard InChI is InChI=1S/C18H22N4O3/c1-12-15(16(22-25-12)13-8-4-2-5-9-13)17(23)20-21-18(24)19-14-10-6-3-7-11-14/h2,4-5,8-9,14H,3,6-7,10-11H2,1H3,(H,20,23)(H2,19,21,24). The smallest absolute Gasteiger partial charge is 0.333 e. The molecule has 1 aromatic carbocycles. The highest BCUT2D eigenvalue weighted by molar-refractivity contribution is 6.01. The number of urea groups is 1. The van der Waals surface area contributed by atoms with Crippen molar-refractivity contribution in [2.45, 2.75) is 45.1 Å². The Morgan fingerprint density at radius 2 is 1.80 bits per heavy atom. The number of amides is 3. The van der Waals surface area contributed by atoms with Gasteiger partial charge in [-0.15, -0.1) is 0 Å². The van der Waals surface area contributed by atoms with E-state index in [-0.39, 0.29) is 6.04 Å². The van der Waals surface area contributed by atoms with E-state index in [1.807, 2.05) is 30.3 Å². The van der Waals surface area contributed by atoms with E-state index in [2.05, 4.69) is 21.3 Å². The zero-order chi connectivity index (χ0) is 17.6. The molecule has 25 heavy (non-hydrogen) atoms. The minimum absolute atomic E-state index is 0.169. The summed E-state index contributed by atoms with van der Waals surface area (Å²) < 4.78 is 5.16. The third-order valence-electron chi connectivity index (χ3n) is 4.37. The third kappa shape index (κ3) is 4.17. The number of hydrogen-bond donors (Lipinski definition) is 3. The van der Waals surface area contributed by atoms with Crippen molar-refractivity contribution in [2.24, 2.45) is 0 Å². The second-order valence-electron chi connectivity index (χ2n) is 6.22. The molecule has 0 atom stereocenters. The molecule has 0 unspecified atom stereocenters. The third-order valence-corrected chi connectivity index (χ3v) is 4.37. The fraction of sp³-hybridized carbons (Fsp3) is 0.389. The van der Waals surface area contributed by atoms with Crippen LogP contribution < -0.4 is 16.2 Å². The lowest BCUT2D eigenvalue weighted by atomic mass is 9.96. The molecule has 1 heterocycles. The van der Waals surface area contributed by atoms with Gasteiger partial charge in [-0.3, -0.25) is 10.2 Å². The van der Waals surface area contributed by atoms with Crippen molar-refractivity contribution in [1.29, 1.82) is 0 Å². The van der Waals surface area contributed by atoms with Crippen LogP contribution in [0.2, 0.25) is 0 Å². The van der Waals surface area contributed by atoms with E-state index in [1.165, 1.54) is 6.42 Å². The Balaban J connectivity index is 1.62. The fourth-order valence-corrected chi connectivity index (χ4v) is 3.08. The molecule has 7 heteroatoms. The number of hydrazine groups is 1. The number of hydrogen-bond acceptors (Lipinski definition) is 4. The normalized spacial score (nSPS) is 14.8. The number of aryl methyl sites for hydroxylation is 1. The molecule has 1 fully saturated rings. The van der Waals surface area contributed by atoms with E-state index in [4.69, 9.17) is 4.52 Å². The molecule has 1 saturated carbocycles. The molecule has 7 nitrogen and oxygen atoms in total. The summed E-state index contributed by atoms with van der Waals surface area (Å²) in [5.41, 5.74) is 6.36. The summed E-state index contributed by atoms with van der Waals surface area (Å²) in [6.07, 6.45) is 5.41. The second kappa shape index (κ2) is 7.83. The Morgan fingerprint density at radius 3 is 2.52 bits per heavy atom. The molecule has 1 aliphatic carbocycles. The van der Waals surface area contributed by atoms with Gasteiger partial charge in [0, 0.05) is 11.6 Å². The van der Waals surface area contributed by atoms with Crippen LogP contribution in [0.1, 0.15) is 48.2 Å². The van der Waals surface area contributed by atoms with Gasteiger partial charge in [-0.25, -0.2) is 10.2 Å². The van der Waals surface area contributed by atoms with Gasteiger partial charge in [-0.1, -0.05) is 54.8 Å². The first-order valence-electron chi connectivity index (χ1n) is 8.53. The lowest BCUT2D eigenvalue weighted by molar-refractivity contribution is 0.0934. The first kappa shape index (κ1) is 17.0. The minimum atomic E-state index is -0.462. The Bertz CT molecular complexity index is 736. The number of rotatable bonds is 3. The maximum Gasteiger partial charge on any atom is 0.333 e. The van der Waals surface area contributed by atoms with E-state index in [0.29, 0.717) is 17.0 Å². The van der Waals surface area contributed by atoms with Gasteiger partial charge in [0.25, 0.3) is 5.91 Å². The summed E-state index contributed by atoms with van der Waals surface area (Å²) in [5, 5.41) is 6.84. The summed E-state index contributed by atoms with van der Waals surface area (Å²) in [6, 6.07) is 9.05. The van der Waals surface area contributed by atoms with Crippen LogP contribution in [0.3, 0.4) is 0 Å². The van der Waals surface area contributed by atoms with E-state index < -0.39 is 11.9 Å². The number of nitrogens with zero attached hydrogens (tertiary/aromatic N) is 1. The number of benzene rings is 1. The molecular formula is C18H22N4O3. The van der Waals surface area contributed by atoms with Crippen molar-refractivity contribution in [3.05, 3.63) is 41.7 Å². The molecule has 0 saturated heterocycles. The van der Waals surface area contributed by atoms with Gasteiger partial charge in [0.1, 0.15) is 17.0 Å². The highest BCUT2D eigenvalue weighted by Gasteiger charge is 2.22. The lowest BCUT2D eigenvalue weighted by Crippen LogP contribution is -2.50. The lowest BCUT2D eigenvalue weighted by Gasteiger charge is -2.22. The van der Waals surface area contributed by atoms with Crippen molar-refractivity contribution in [3.8, 4) is 11.3 Å². The van der Waals surface area contributed by atoms with Gasteiger partial charge in [-0.2, -0.15) is 0 Å². The van der Waals surface area contributed by atoms with Gasteiger partial charge in [0.05, 0.1) is 0 Å². The zero-order valence-corrected chi connectivity index (χ0v) is 14.2. The minimum Gasteiger partial charge on any atom is -0.360 e. The van der Waals surface area contributed by atoms with E-state index >= 15 is 0 Å².